The molecule has 0 amide bonds. The van der Waals surface area contributed by atoms with Gasteiger partial charge in [0, 0.05) is 11.6 Å². The number of ether oxygens (including phenoxy) is 1. The zero-order valence-electron chi connectivity index (χ0n) is 10.6. The lowest BCUT2D eigenvalue weighted by Gasteiger charge is -2.10. The fourth-order valence-corrected chi connectivity index (χ4v) is 2.32. The third-order valence-corrected chi connectivity index (χ3v) is 3.20. The monoisotopic (exact) mass is 250 g/mol. The molecular weight excluding hydrogens is 236 g/mol. The molecule has 0 aliphatic carbocycles. The smallest absolute Gasteiger partial charge is 0.126 e. The number of nitrogen functional groups attached to an aromatic ring is 1. The van der Waals surface area contributed by atoms with E-state index in [-0.39, 0.29) is 0 Å². The molecule has 0 atom stereocenters. The van der Waals surface area contributed by atoms with E-state index in [1.54, 1.807) is 13.3 Å². The van der Waals surface area contributed by atoms with E-state index in [0.29, 0.717) is 5.82 Å². The van der Waals surface area contributed by atoms with Crippen molar-refractivity contribution < 1.29 is 4.74 Å². The number of nitrogens with two attached hydrogens (primary N) is 1. The Balaban J connectivity index is 2.31. The molecule has 0 bridgehead atoms. The van der Waals surface area contributed by atoms with E-state index >= 15 is 0 Å². The van der Waals surface area contributed by atoms with Crippen LogP contribution < -0.4 is 10.5 Å². The fraction of sp³-hybridized carbons (Fsp3) is 0.0625. The van der Waals surface area contributed by atoms with Crippen LogP contribution in [0.25, 0.3) is 21.9 Å². The molecule has 0 aliphatic heterocycles. The summed E-state index contributed by atoms with van der Waals surface area (Å²) >= 11 is 0. The van der Waals surface area contributed by atoms with Crippen molar-refractivity contribution >= 4 is 16.6 Å². The van der Waals surface area contributed by atoms with Gasteiger partial charge in [-0.05, 0) is 34.7 Å². The lowest BCUT2D eigenvalue weighted by molar-refractivity contribution is 0.420. The molecule has 0 spiro atoms. The average molecular weight is 250 g/mol. The van der Waals surface area contributed by atoms with Crippen molar-refractivity contribution in [3.8, 4) is 16.9 Å². The van der Waals surface area contributed by atoms with Crippen molar-refractivity contribution in [2.45, 2.75) is 0 Å². The van der Waals surface area contributed by atoms with Crippen LogP contribution in [0.5, 0.6) is 5.75 Å². The molecule has 0 saturated heterocycles. The van der Waals surface area contributed by atoms with Crippen molar-refractivity contribution in [2.75, 3.05) is 12.8 Å². The van der Waals surface area contributed by atoms with Crippen molar-refractivity contribution in [2.24, 2.45) is 0 Å². The van der Waals surface area contributed by atoms with Gasteiger partial charge < -0.3 is 10.5 Å². The molecular formula is C16H14N2O. The minimum Gasteiger partial charge on any atom is -0.496 e. The Labute approximate surface area is 111 Å². The molecule has 2 aromatic carbocycles. The second-order valence-corrected chi connectivity index (χ2v) is 4.33. The standard InChI is InChI=1S/C16H14N2O/c1-19-15-7-6-12(11-8-9-18-16(17)10-11)13-4-2-3-5-14(13)15/h2-10H,1H3,(H2,17,18). The summed E-state index contributed by atoms with van der Waals surface area (Å²) in [5, 5.41) is 2.24. The van der Waals surface area contributed by atoms with Crippen LogP contribution in [-0.2, 0) is 0 Å². The molecule has 0 saturated carbocycles. The predicted octanol–water partition coefficient (Wildman–Crippen LogP) is 3.49. The Morgan fingerprint density at radius 1 is 1.00 bits per heavy atom. The number of methoxy groups -OCH3 is 1. The first-order chi connectivity index (χ1) is 9.29. The number of aromatic nitrogens is 1. The molecule has 1 aromatic heterocycles. The van der Waals surface area contributed by atoms with Gasteiger partial charge in [-0.15, -0.1) is 0 Å². The number of nitrogens with zero attached hydrogens (tertiary/aromatic N) is 1. The van der Waals surface area contributed by atoms with Gasteiger partial charge in [-0.3, -0.25) is 0 Å². The average Bonchev–Trinajstić information content (AvgIpc) is 2.46. The highest BCUT2D eigenvalue weighted by Crippen LogP contribution is 2.34. The van der Waals surface area contributed by atoms with Crippen molar-refractivity contribution in [3.05, 3.63) is 54.7 Å². The van der Waals surface area contributed by atoms with E-state index < -0.39 is 0 Å². The molecule has 19 heavy (non-hydrogen) atoms. The Hall–Kier alpha value is -2.55. The van der Waals surface area contributed by atoms with Gasteiger partial charge in [0.1, 0.15) is 11.6 Å². The van der Waals surface area contributed by atoms with Gasteiger partial charge in [-0.25, -0.2) is 4.98 Å². The SMILES string of the molecule is COc1ccc(-c2ccnc(N)c2)c2ccccc12. The zero-order chi connectivity index (χ0) is 13.2. The van der Waals surface area contributed by atoms with Gasteiger partial charge in [0.15, 0.2) is 0 Å². The van der Waals surface area contributed by atoms with E-state index in [2.05, 4.69) is 23.2 Å². The topological polar surface area (TPSA) is 48.1 Å². The van der Waals surface area contributed by atoms with Crippen LogP contribution in [0.3, 0.4) is 0 Å². The van der Waals surface area contributed by atoms with Crippen molar-refractivity contribution in [1.29, 1.82) is 0 Å². The lowest BCUT2D eigenvalue weighted by Crippen LogP contribution is -1.91. The van der Waals surface area contributed by atoms with Gasteiger partial charge in [-0.1, -0.05) is 30.3 Å². The second kappa shape index (κ2) is 4.61. The summed E-state index contributed by atoms with van der Waals surface area (Å²) in [5.41, 5.74) is 7.95. The number of anilines is 1. The van der Waals surface area contributed by atoms with Crippen molar-refractivity contribution in [3.63, 3.8) is 0 Å². The van der Waals surface area contributed by atoms with Crippen LogP contribution in [0.1, 0.15) is 0 Å². The highest BCUT2D eigenvalue weighted by atomic mass is 16.5. The largest absolute Gasteiger partial charge is 0.496 e. The van der Waals surface area contributed by atoms with Crippen LogP contribution in [-0.4, -0.2) is 12.1 Å². The minimum atomic E-state index is 0.525. The Bertz CT molecular complexity index is 738. The van der Waals surface area contributed by atoms with E-state index in [1.165, 1.54) is 0 Å². The first-order valence-electron chi connectivity index (χ1n) is 6.07. The predicted molar refractivity (Wildman–Crippen MR) is 78.1 cm³/mol. The Kier molecular flexibility index (Phi) is 2.80. The molecule has 0 aliphatic rings. The maximum absolute atomic E-state index is 5.76. The van der Waals surface area contributed by atoms with Crippen LogP contribution in [0.15, 0.2) is 54.7 Å². The summed E-state index contributed by atoms with van der Waals surface area (Å²) in [6, 6.07) is 16.1. The summed E-state index contributed by atoms with van der Waals surface area (Å²) in [6.07, 6.45) is 1.73. The molecule has 3 nitrogen and oxygen atoms in total. The Morgan fingerprint density at radius 2 is 1.79 bits per heavy atom. The molecule has 0 radical (unpaired) electrons. The summed E-state index contributed by atoms with van der Waals surface area (Å²) in [6.45, 7) is 0. The Morgan fingerprint density at radius 3 is 2.53 bits per heavy atom. The lowest BCUT2D eigenvalue weighted by atomic mass is 9.98. The zero-order valence-corrected chi connectivity index (χ0v) is 10.6. The summed E-state index contributed by atoms with van der Waals surface area (Å²) in [7, 11) is 1.69. The van der Waals surface area contributed by atoms with Crippen LogP contribution >= 0.6 is 0 Å². The summed E-state index contributed by atoms with van der Waals surface area (Å²) in [5.74, 6) is 1.40. The molecule has 94 valence electrons. The van der Waals surface area contributed by atoms with Crippen LogP contribution in [0.2, 0.25) is 0 Å². The third kappa shape index (κ3) is 1.99. The third-order valence-electron chi connectivity index (χ3n) is 3.20. The first kappa shape index (κ1) is 11.5. The minimum absolute atomic E-state index is 0.525. The molecule has 3 aromatic rings. The van der Waals surface area contributed by atoms with E-state index in [1.807, 2.05) is 30.3 Å². The maximum Gasteiger partial charge on any atom is 0.126 e. The van der Waals surface area contributed by atoms with Crippen LogP contribution in [0.4, 0.5) is 5.82 Å². The highest BCUT2D eigenvalue weighted by Gasteiger charge is 2.07. The number of benzene rings is 2. The van der Waals surface area contributed by atoms with Gasteiger partial charge in [-0.2, -0.15) is 0 Å². The quantitative estimate of drug-likeness (QED) is 0.757. The molecule has 3 heteroatoms. The number of rotatable bonds is 2. The van der Waals surface area contributed by atoms with Gasteiger partial charge in [0.05, 0.1) is 7.11 Å². The molecule has 1 heterocycles. The molecule has 0 fully saturated rings. The fourth-order valence-electron chi connectivity index (χ4n) is 2.32. The number of hydrogen-bond acceptors (Lipinski definition) is 3. The van der Waals surface area contributed by atoms with Crippen molar-refractivity contribution in [1.82, 2.24) is 4.98 Å². The summed E-state index contributed by atoms with van der Waals surface area (Å²) < 4.78 is 5.41. The van der Waals surface area contributed by atoms with Gasteiger partial charge >= 0.3 is 0 Å². The molecule has 0 unspecified atom stereocenters. The van der Waals surface area contributed by atoms with Gasteiger partial charge in [0.2, 0.25) is 0 Å². The maximum atomic E-state index is 5.76. The van der Waals surface area contributed by atoms with Crippen LogP contribution in [0, 0.1) is 0 Å². The highest BCUT2D eigenvalue weighted by molar-refractivity contribution is 6.00. The normalized spacial score (nSPS) is 10.6. The number of fused-ring (bicyclic) bond motifs is 1. The number of hydrogen-bond donors (Lipinski definition) is 1. The van der Waals surface area contributed by atoms with E-state index in [9.17, 15) is 0 Å². The summed E-state index contributed by atoms with van der Waals surface area (Å²) in [4.78, 5) is 4.03. The molecule has 2 N–H and O–H groups in total. The van der Waals surface area contributed by atoms with E-state index in [0.717, 1.165) is 27.6 Å². The van der Waals surface area contributed by atoms with E-state index in [4.69, 9.17) is 10.5 Å². The number of pyridine rings is 1. The first-order valence-corrected chi connectivity index (χ1v) is 6.07. The van der Waals surface area contributed by atoms with Gasteiger partial charge in [0.25, 0.3) is 0 Å². The second-order valence-electron chi connectivity index (χ2n) is 4.33. The molecule has 3 rings (SSSR count).